The number of carbonyl (C=O) groups is 2. The van der Waals surface area contributed by atoms with E-state index >= 15 is 0 Å². The second kappa shape index (κ2) is 10.8. The first-order chi connectivity index (χ1) is 11.2. The van der Waals surface area contributed by atoms with E-state index in [1.807, 2.05) is 43.0 Å². The molecule has 1 aliphatic heterocycles. The van der Waals surface area contributed by atoms with Gasteiger partial charge in [0.15, 0.2) is 0 Å². The van der Waals surface area contributed by atoms with Gasteiger partial charge >= 0.3 is 0 Å². The fourth-order valence-corrected chi connectivity index (χ4v) is 2.48. The van der Waals surface area contributed by atoms with Gasteiger partial charge in [0.1, 0.15) is 6.61 Å². The van der Waals surface area contributed by atoms with Crippen molar-refractivity contribution in [3.8, 4) is 0 Å². The first kappa shape index (κ1) is 19.2. The number of ether oxygens (including phenoxy) is 1. The number of rotatable bonds is 6. The van der Waals surface area contributed by atoms with E-state index in [1.165, 1.54) is 0 Å². The van der Waals surface area contributed by atoms with Crippen molar-refractivity contribution in [1.82, 2.24) is 9.80 Å². The molecular weight excluding hydrogens is 292 g/mol. The molecule has 1 fully saturated rings. The molecule has 0 saturated carbocycles. The Kier molecular flexibility index (Phi) is 8.98. The van der Waals surface area contributed by atoms with Gasteiger partial charge in [-0.15, -0.1) is 0 Å². The van der Waals surface area contributed by atoms with E-state index in [0.29, 0.717) is 12.9 Å². The zero-order chi connectivity index (χ0) is 17.1. The molecule has 0 N–H and O–H groups in total. The Hall–Kier alpha value is -1.88. The number of likely N-dealkylation sites (N-methyl/N-ethyl adjacent to an activating group) is 1. The molecule has 1 amide bonds. The summed E-state index contributed by atoms with van der Waals surface area (Å²) in [6, 6.07) is 7.62. The third-order valence-electron chi connectivity index (χ3n) is 3.87. The van der Waals surface area contributed by atoms with Gasteiger partial charge in [0.25, 0.3) is 6.47 Å². The number of hydrogen-bond acceptors (Lipinski definition) is 4. The molecule has 1 saturated heterocycles. The quantitative estimate of drug-likeness (QED) is 0.753. The van der Waals surface area contributed by atoms with Gasteiger partial charge in [0.2, 0.25) is 5.91 Å². The van der Waals surface area contributed by atoms with E-state index in [9.17, 15) is 9.59 Å². The molecule has 0 spiro atoms. The highest BCUT2D eigenvalue weighted by Gasteiger charge is 2.19. The van der Waals surface area contributed by atoms with Crippen molar-refractivity contribution in [2.24, 2.45) is 0 Å². The van der Waals surface area contributed by atoms with Crippen LogP contribution >= 0.6 is 0 Å². The van der Waals surface area contributed by atoms with Crippen molar-refractivity contribution in [1.29, 1.82) is 0 Å². The van der Waals surface area contributed by atoms with Crippen molar-refractivity contribution in [2.45, 2.75) is 33.8 Å². The smallest absolute Gasteiger partial charge is 0.293 e. The third kappa shape index (κ3) is 6.40. The number of carbonyl (C=O) groups excluding carboxylic acids is 2. The number of piperazine rings is 1. The van der Waals surface area contributed by atoms with Crippen LogP contribution in [0.1, 0.15) is 31.9 Å². The molecule has 5 heteroatoms. The molecule has 0 radical (unpaired) electrons. The highest BCUT2D eigenvalue weighted by molar-refractivity contribution is 5.78. The predicted molar refractivity (Wildman–Crippen MR) is 91.0 cm³/mol. The zero-order valence-corrected chi connectivity index (χ0v) is 14.5. The van der Waals surface area contributed by atoms with Crippen LogP contribution in [0.3, 0.4) is 0 Å². The highest BCUT2D eigenvalue weighted by Crippen LogP contribution is 2.09. The number of nitrogens with zero attached hydrogens (tertiary/aromatic N) is 2. The summed E-state index contributed by atoms with van der Waals surface area (Å²) in [7, 11) is 0. The van der Waals surface area contributed by atoms with E-state index in [-0.39, 0.29) is 12.5 Å². The molecule has 1 aliphatic rings. The molecule has 0 aliphatic carbocycles. The van der Waals surface area contributed by atoms with Crippen molar-refractivity contribution in [2.75, 3.05) is 32.7 Å². The predicted octanol–water partition coefficient (Wildman–Crippen LogP) is 2.09. The Morgan fingerprint density at radius 3 is 2.17 bits per heavy atom. The number of amides is 1. The zero-order valence-electron chi connectivity index (χ0n) is 14.5. The van der Waals surface area contributed by atoms with Crippen LogP contribution < -0.4 is 0 Å². The summed E-state index contributed by atoms with van der Waals surface area (Å²) in [5, 5.41) is 0. The summed E-state index contributed by atoms with van der Waals surface area (Å²) in [6.45, 7) is 11.5. The molecule has 23 heavy (non-hydrogen) atoms. The van der Waals surface area contributed by atoms with Crippen LogP contribution in [0.4, 0.5) is 0 Å². The molecule has 0 aromatic heterocycles. The lowest BCUT2D eigenvalue weighted by Crippen LogP contribution is -2.48. The van der Waals surface area contributed by atoms with Gasteiger partial charge in [-0.1, -0.05) is 45.0 Å². The topological polar surface area (TPSA) is 49.9 Å². The second-order valence-corrected chi connectivity index (χ2v) is 5.22. The van der Waals surface area contributed by atoms with Gasteiger partial charge in [-0.05, 0) is 17.7 Å². The van der Waals surface area contributed by atoms with Gasteiger partial charge in [-0.2, -0.15) is 0 Å². The summed E-state index contributed by atoms with van der Waals surface area (Å²) in [5.74, 6) is 0.183. The summed E-state index contributed by atoms with van der Waals surface area (Å²) in [6.07, 6.45) is 0.431. The van der Waals surface area contributed by atoms with E-state index in [4.69, 9.17) is 4.74 Å². The fraction of sp³-hybridized carbons (Fsp3) is 0.556. The maximum absolute atomic E-state index is 12.3. The standard InChI is InChI=1S/C16H22N2O3.C2H6/c1-2-17-7-9-18(10-8-17)16(20)11-14-3-5-15(6-4-14)12-21-13-19;1-2/h3-6,13H,2,7-12H2,1H3;1-2H3. The van der Waals surface area contributed by atoms with Crippen LogP contribution in [0, 0.1) is 0 Å². The molecule has 0 unspecified atom stereocenters. The van der Waals surface area contributed by atoms with Gasteiger partial charge in [0.05, 0.1) is 6.42 Å². The first-order valence-corrected chi connectivity index (χ1v) is 8.36. The van der Waals surface area contributed by atoms with E-state index in [1.54, 1.807) is 0 Å². The minimum atomic E-state index is 0.183. The maximum Gasteiger partial charge on any atom is 0.293 e. The van der Waals surface area contributed by atoms with E-state index in [2.05, 4.69) is 11.8 Å². The van der Waals surface area contributed by atoms with Crippen molar-refractivity contribution < 1.29 is 14.3 Å². The van der Waals surface area contributed by atoms with E-state index in [0.717, 1.165) is 43.9 Å². The Labute approximate surface area is 139 Å². The van der Waals surface area contributed by atoms with Crippen LogP contribution in [-0.4, -0.2) is 54.9 Å². The Balaban J connectivity index is 0.00000127. The van der Waals surface area contributed by atoms with Crippen LogP contribution in [0.15, 0.2) is 24.3 Å². The maximum atomic E-state index is 12.3. The average molecular weight is 320 g/mol. The van der Waals surface area contributed by atoms with E-state index < -0.39 is 0 Å². The van der Waals surface area contributed by atoms with Gasteiger partial charge < -0.3 is 14.5 Å². The molecule has 1 heterocycles. The van der Waals surface area contributed by atoms with Crippen molar-refractivity contribution in [3.05, 3.63) is 35.4 Å². The summed E-state index contributed by atoms with van der Waals surface area (Å²) in [5.41, 5.74) is 1.92. The summed E-state index contributed by atoms with van der Waals surface area (Å²) < 4.78 is 4.70. The van der Waals surface area contributed by atoms with Crippen LogP contribution in [0.25, 0.3) is 0 Å². The average Bonchev–Trinajstić information content (AvgIpc) is 2.63. The molecule has 0 atom stereocenters. The lowest BCUT2D eigenvalue weighted by molar-refractivity contribution is -0.132. The molecule has 0 bridgehead atoms. The summed E-state index contributed by atoms with van der Waals surface area (Å²) >= 11 is 0. The number of hydrogen-bond donors (Lipinski definition) is 0. The third-order valence-corrected chi connectivity index (χ3v) is 3.87. The normalized spacial score (nSPS) is 14.7. The van der Waals surface area contributed by atoms with Crippen LogP contribution in [0.2, 0.25) is 0 Å². The Morgan fingerprint density at radius 1 is 1.09 bits per heavy atom. The van der Waals surface area contributed by atoms with Crippen molar-refractivity contribution >= 4 is 12.4 Å². The van der Waals surface area contributed by atoms with Crippen molar-refractivity contribution in [3.63, 3.8) is 0 Å². The fourth-order valence-electron chi connectivity index (χ4n) is 2.48. The monoisotopic (exact) mass is 320 g/mol. The molecule has 5 nitrogen and oxygen atoms in total. The Morgan fingerprint density at radius 2 is 1.65 bits per heavy atom. The van der Waals surface area contributed by atoms with Crippen LogP contribution in [0.5, 0.6) is 0 Å². The summed E-state index contributed by atoms with van der Waals surface area (Å²) in [4.78, 5) is 26.7. The molecular formula is C18H28N2O3. The molecule has 128 valence electrons. The SMILES string of the molecule is CC.CCN1CCN(C(=O)Cc2ccc(COC=O)cc2)CC1. The van der Waals surface area contributed by atoms with Gasteiger partial charge in [0, 0.05) is 26.2 Å². The molecule has 2 rings (SSSR count). The van der Waals surface area contributed by atoms with Gasteiger partial charge in [-0.25, -0.2) is 0 Å². The number of benzene rings is 1. The lowest BCUT2D eigenvalue weighted by Gasteiger charge is -2.34. The molecule has 1 aromatic carbocycles. The highest BCUT2D eigenvalue weighted by atomic mass is 16.5. The molecule has 1 aromatic rings. The van der Waals surface area contributed by atoms with Gasteiger partial charge in [-0.3, -0.25) is 9.59 Å². The minimum absolute atomic E-state index is 0.183. The second-order valence-electron chi connectivity index (χ2n) is 5.22. The lowest BCUT2D eigenvalue weighted by atomic mass is 10.1. The minimum Gasteiger partial charge on any atom is -0.463 e. The van der Waals surface area contributed by atoms with Crippen LogP contribution in [-0.2, 0) is 27.4 Å². The first-order valence-electron chi connectivity index (χ1n) is 8.36. The largest absolute Gasteiger partial charge is 0.463 e. The Bertz CT molecular complexity index is 466.